The fourth-order valence-electron chi connectivity index (χ4n) is 3.81. The van der Waals surface area contributed by atoms with Gasteiger partial charge in [-0.15, -0.1) is 10.2 Å². The molecule has 11 heteroatoms. The zero-order valence-corrected chi connectivity index (χ0v) is 24.5. The molecule has 0 saturated heterocycles. The number of benzene rings is 3. The summed E-state index contributed by atoms with van der Waals surface area (Å²) in [5.41, 5.74) is 1.89. The number of nitrogens with one attached hydrogen (secondary N) is 2. The number of thioether (sulfide) groups is 1. The fraction of sp³-hybridized carbons (Fsp3) is 0.267. The standard InChI is InChI=1S/C30H32ClN5O4S/c1-3-5-17-40-26-13-9-21(10-14-26)29(38)32-19-27-34-35-30(36(27)24-8-6-7-22(31)18-24)41-20-28(37)33-23-11-15-25(16-12-23)39-4-2/h6-16,18H,3-5,17,19-20H2,1-2H3,(H,32,38)(H,33,37). The fourth-order valence-corrected chi connectivity index (χ4v) is 4.76. The van der Waals surface area contributed by atoms with Crippen molar-refractivity contribution in [2.75, 3.05) is 24.3 Å². The van der Waals surface area contributed by atoms with Crippen LogP contribution in [0.15, 0.2) is 78.0 Å². The van der Waals surface area contributed by atoms with Crippen LogP contribution in [0.2, 0.25) is 5.02 Å². The van der Waals surface area contributed by atoms with Crippen LogP contribution in [-0.4, -0.2) is 45.5 Å². The maximum Gasteiger partial charge on any atom is 0.251 e. The molecule has 0 bridgehead atoms. The van der Waals surface area contributed by atoms with Crippen LogP contribution in [0.25, 0.3) is 5.69 Å². The third-order valence-corrected chi connectivity index (χ3v) is 7.00. The minimum Gasteiger partial charge on any atom is -0.494 e. The first-order chi connectivity index (χ1) is 20.0. The largest absolute Gasteiger partial charge is 0.494 e. The van der Waals surface area contributed by atoms with Crippen LogP contribution >= 0.6 is 23.4 Å². The number of hydrogen-bond acceptors (Lipinski definition) is 7. The van der Waals surface area contributed by atoms with Crippen LogP contribution < -0.4 is 20.1 Å². The summed E-state index contributed by atoms with van der Waals surface area (Å²) in [6.07, 6.45) is 2.03. The van der Waals surface area contributed by atoms with Gasteiger partial charge in [0.2, 0.25) is 5.91 Å². The van der Waals surface area contributed by atoms with E-state index in [4.69, 9.17) is 21.1 Å². The van der Waals surface area contributed by atoms with Crippen molar-refractivity contribution in [3.63, 3.8) is 0 Å². The zero-order valence-electron chi connectivity index (χ0n) is 22.9. The van der Waals surface area contributed by atoms with E-state index in [2.05, 4.69) is 27.8 Å². The SMILES string of the molecule is CCCCOc1ccc(C(=O)NCc2nnc(SCC(=O)Nc3ccc(OCC)cc3)n2-c2cccc(Cl)c2)cc1. The van der Waals surface area contributed by atoms with Crippen molar-refractivity contribution >= 4 is 40.9 Å². The molecule has 4 aromatic rings. The van der Waals surface area contributed by atoms with Gasteiger partial charge in [-0.05, 0) is 80.1 Å². The topological polar surface area (TPSA) is 107 Å². The lowest BCUT2D eigenvalue weighted by Gasteiger charge is -2.12. The Hall–Kier alpha value is -4.02. The third-order valence-electron chi connectivity index (χ3n) is 5.84. The summed E-state index contributed by atoms with van der Waals surface area (Å²) in [6.45, 7) is 5.35. The molecule has 41 heavy (non-hydrogen) atoms. The molecule has 1 aromatic heterocycles. The van der Waals surface area contributed by atoms with E-state index < -0.39 is 0 Å². The maximum absolute atomic E-state index is 12.8. The molecule has 0 aliphatic heterocycles. The molecule has 2 amide bonds. The number of hydrogen-bond donors (Lipinski definition) is 2. The Kier molecular flexibility index (Phi) is 11.0. The molecule has 2 N–H and O–H groups in total. The summed E-state index contributed by atoms with van der Waals surface area (Å²) >= 11 is 7.49. The summed E-state index contributed by atoms with van der Waals surface area (Å²) in [5, 5.41) is 15.4. The van der Waals surface area contributed by atoms with Crippen molar-refractivity contribution in [2.45, 2.75) is 38.4 Å². The lowest BCUT2D eigenvalue weighted by Crippen LogP contribution is -2.24. The molecule has 9 nitrogen and oxygen atoms in total. The quantitative estimate of drug-likeness (QED) is 0.133. The van der Waals surface area contributed by atoms with Crippen LogP contribution in [-0.2, 0) is 11.3 Å². The molecular formula is C30H32ClN5O4S. The second kappa shape index (κ2) is 15.1. The number of halogens is 1. The Bertz CT molecular complexity index is 1440. The molecule has 0 spiro atoms. The normalized spacial score (nSPS) is 10.7. The van der Waals surface area contributed by atoms with E-state index in [-0.39, 0.29) is 24.1 Å². The number of aromatic nitrogens is 3. The molecule has 0 aliphatic carbocycles. The van der Waals surface area contributed by atoms with Gasteiger partial charge >= 0.3 is 0 Å². The van der Waals surface area contributed by atoms with E-state index in [0.29, 0.717) is 40.5 Å². The highest BCUT2D eigenvalue weighted by molar-refractivity contribution is 7.99. The van der Waals surface area contributed by atoms with Crippen molar-refractivity contribution < 1.29 is 19.1 Å². The highest BCUT2D eigenvalue weighted by atomic mass is 35.5. The molecule has 3 aromatic carbocycles. The van der Waals surface area contributed by atoms with Crippen LogP contribution in [0.1, 0.15) is 42.9 Å². The Morgan fingerprint density at radius 3 is 2.39 bits per heavy atom. The monoisotopic (exact) mass is 593 g/mol. The number of amides is 2. The molecule has 1 heterocycles. The summed E-state index contributed by atoms with van der Waals surface area (Å²) in [5.74, 6) is 1.61. The molecule has 0 unspecified atom stereocenters. The van der Waals surface area contributed by atoms with Crippen LogP contribution in [0.4, 0.5) is 5.69 Å². The summed E-state index contributed by atoms with van der Waals surface area (Å²) in [6, 6.07) is 21.4. The minimum atomic E-state index is -0.255. The minimum absolute atomic E-state index is 0.102. The second-order valence-corrected chi connectivity index (χ2v) is 10.3. The molecule has 0 atom stereocenters. The highest BCUT2D eigenvalue weighted by Crippen LogP contribution is 2.25. The van der Waals surface area contributed by atoms with Gasteiger partial charge in [0.15, 0.2) is 11.0 Å². The molecule has 4 rings (SSSR count). The summed E-state index contributed by atoms with van der Waals surface area (Å²) < 4.78 is 12.9. The van der Waals surface area contributed by atoms with Crippen LogP contribution in [0.5, 0.6) is 11.5 Å². The van der Waals surface area contributed by atoms with Gasteiger partial charge in [0.25, 0.3) is 5.91 Å². The Morgan fingerprint density at radius 1 is 0.951 bits per heavy atom. The van der Waals surface area contributed by atoms with E-state index in [1.807, 2.05) is 19.1 Å². The highest BCUT2D eigenvalue weighted by Gasteiger charge is 2.17. The number of anilines is 1. The number of rotatable bonds is 14. The second-order valence-electron chi connectivity index (χ2n) is 8.92. The third kappa shape index (κ3) is 8.73. The Balaban J connectivity index is 1.42. The first-order valence-corrected chi connectivity index (χ1v) is 14.7. The summed E-state index contributed by atoms with van der Waals surface area (Å²) in [7, 11) is 0. The predicted molar refractivity (Wildman–Crippen MR) is 161 cm³/mol. The molecule has 0 saturated carbocycles. The van der Waals surface area contributed by atoms with E-state index >= 15 is 0 Å². The lowest BCUT2D eigenvalue weighted by molar-refractivity contribution is -0.113. The van der Waals surface area contributed by atoms with Crippen LogP contribution in [0.3, 0.4) is 0 Å². The summed E-state index contributed by atoms with van der Waals surface area (Å²) in [4.78, 5) is 25.5. The van der Waals surface area contributed by atoms with Gasteiger partial charge in [-0.25, -0.2) is 0 Å². The van der Waals surface area contributed by atoms with Gasteiger partial charge < -0.3 is 20.1 Å². The lowest BCUT2D eigenvalue weighted by atomic mass is 10.2. The number of nitrogens with zero attached hydrogens (tertiary/aromatic N) is 3. The van der Waals surface area contributed by atoms with Gasteiger partial charge in [0.1, 0.15) is 11.5 Å². The molecule has 0 fully saturated rings. The van der Waals surface area contributed by atoms with Crippen LogP contribution in [0, 0.1) is 0 Å². The van der Waals surface area contributed by atoms with Gasteiger partial charge in [0.05, 0.1) is 31.2 Å². The molecule has 0 aliphatic rings. The van der Waals surface area contributed by atoms with Crippen molar-refractivity contribution in [3.05, 3.63) is 89.2 Å². The van der Waals surface area contributed by atoms with Crippen molar-refractivity contribution in [3.8, 4) is 17.2 Å². The molecule has 0 radical (unpaired) electrons. The predicted octanol–water partition coefficient (Wildman–Crippen LogP) is 6.16. The van der Waals surface area contributed by atoms with Crippen molar-refractivity contribution in [2.24, 2.45) is 0 Å². The van der Waals surface area contributed by atoms with E-state index in [1.54, 1.807) is 65.2 Å². The number of ether oxygens (including phenoxy) is 2. The van der Waals surface area contributed by atoms with E-state index in [9.17, 15) is 9.59 Å². The smallest absolute Gasteiger partial charge is 0.251 e. The van der Waals surface area contributed by atoms with Gasteiger partial charge in [0, 0.05) is 16.3 Å². The Labute approximate surface area is 248 Å². The molecular weight excluding hydrogens is 562 g/mol. The number of carbonyl (C=O) groups excluding carboxylic acids is 2. The average molecular weight is 594 g/mol. The zero-order chi connectivity index (χ0) is 29.0. The average Bonchev–Trinajstić information content (AvgIpc) is 3.39. The number of carbonyl (C=O) groups is 2. The van der Waals surface area contributed by atoms with Crippen molar-refractivity contribution in [1.82, 2.24) is 20.1 Å². The van der Waals surface area contributed by atoms with E-state index in [1.165, 1.54) is 11.8 Å². The van der Waals surface area contributed by atoms with Gasteiger partial charge in [-0.3, -0.25) is 14.2 Å². The first kappa shape index (κ1) is 30.0. The first-order valence-electron chi connectivity index (χ1n) is 13.3. The molecule has 214 valence electrons. The maximum atomic E-state index is 12.8. The van der Waals surface area contributed by atoms with Crippen molar-refractivity contribution in [1.29, 1.82) is 0 Å². The Morgan fingerprint density at radius 2 is 1.68 bits per heavy atom. The van der Waals surface area contributed by atoms with E-state index in [0.717, 1.165) is 30.0 Å². The van der Waals surface area contributed by atoms with Gasteiger partial charge in [-0.2, -0.15) is 0 Å². The number of unbranched alkanes of at least 4 members (excludes halogenated alkanes) is 1. The van der Waals surface area contributed by atoms with Gasteiger partial charge in [-0.1, -0.05) is 42.8 Å².